The third-order valence-electron chi connectivity index (χ3n) is 6.10. The van der Waals surface area contributed by atoms with Crippen molar-refractivity contribution in [3.63, 3.8) is 0 Å². The molecule has 1 N–H and O–H groups in total. The molecule has 1 saturated carbocycles. The van der Waals surface area contributed by atoms with E-state index in [1.54, 1.807) is 6.33 Å². The second-order valence-electron chi connectivity index (χ2n) is 8.48. The summed E-state index contributed by atoms with van der Waals surface area (Å²) >= 11 is 3.46. The average molecular weight is 545 g/mol. The maximum atomic E-state index is 13.8. The number of hydrogen-bond acceptors (Lipinski definition) is 6. The Morgan fingerprint density at radius 3 is 2.89 bits per heavy atom. The first-order chi connectivity index (χ1) is 16.9. The lowest BCUT2D eigenvalue weighted by Crippen LogP contribution is -2.29. The van der Waals surface area contributed by atoms with Crippen LogP contribution in [0.3, 0.4) is 0 Å². The highest BCUT2D eigenvalue weighted by Crippen LogP contribution is 2.35. The van der Waals surface area contributed by atoms with Gasteiger partial charge in [-0.1, -0.05) is 0 Å². The van der Waals surface area contributed by atoms with Crippen molar-refractivity contribution < 1.29 is 13.2 Å². The number of benzene rings is 1. The number of nitrogens with zero attached hydrogens (tertiary/aromatic N) is 7. The third kappa shape index (κ3) is 4.86. The van der Waals surface area contributed by atoms with Crippen LogP contribution in [0.15, 0.2) is 41.5 Å². The molecule has 3 aromatic heterocycles. The largest absolute Gasteiger partial charge is 0.351 e. The topological polar surface area (TPSA) is 97.2 Å². The Morgan fingerprint density at radius 1 is 1.23 bits per heavy atom. The smallest absolute Gasteiger partial charge is 0.257 e. The summed E-state index contributed by atoms with van der Waals surface area (Å²) in [5, 5.41) is 16.8. The molecule has 1 aliphatic carbocycles. The SMILES string of the molecule is N#Cc1cnc(N[C@@H]2CCC[C@H](n3cnc4cc(F)cc(Br)c43)C2)nc1-c1cnn(CC(F)F)c1. The molecule has 12 heteroatoms. The molecule has 3 heterocycles. The van der Waals surface area contributed by atoms with Gasteiger partial charge in [0.15, 0.2) is 0 Å². The van der Waals surface area contributed by atoms with E-state index < -0.39 is 13.0 Å². The highest BCUT2D eigenvalue weighted by atomic mass is 79.9. The van der Waals surface area contributed by atoms with Gasteiger partial charge in [0, 0.05) is 34.4 Å². The molecule has 35 heavy (non-hydrogen) atoms. The zero-order chi connectivity index (χ0) is 24.5. The standard InChI is InChI=1S/C23H20BrF3N8/c24-18-4-15(25)5-19-22(18)35(12-30-19)17-3-1-2-16(6-17)32-23-29-8-13(7-28)21(33-23)14-9-31-34(10-14)11-20(26)27/h4-5,8-10,12,16-17,20H,1-3,6,11H2,(H,29,32,33)/t16-,17+/m1/s1. The van der Waals surface area contributed by atoms with Crippen LogP contribution in [-0.2, 0) is 6.54 Å². The first-order valence-electron chi connectivity index (χ1n) is 11.1. The number of imidazole rings is 1. The summed E-state index contributed by atoms with van der Waals surface area (Å²) in [4.78, 5) is 13.2. The molecule has 0 saturated heterocycles. The van der Waals surface area contributed by atoms with Crippen LogP contribution in [0.5, 0.6) is 0 Å². The van der Waals surface area contributed by atoms with Gasteiger partial charge in [-0.2, -0.15) is 10.4 Å². The summed E-state index contributed by atoms with van der Waals surface area (Å²) in [5.74, 6) is 0.0105. The Morgan fingerprint density at radius 2 is 2.09 bits per heavy atom. The quantitative estimate of drug-likeness (QED) is 0.352. The second kappa shape index (κ2) is 9.65. The van der Waals surface area contributed by atoms with E-state index in [4.69, 9.17) is 0 Å². The van der Waals surface area contributed by atoms with E-state index in [-0.39, 0.29) is 23.5 Å². The summed E-state index contributed by atoms with van der Waals surface area (Å²) in [5.41, 5.74) is 2.49. The van der Waals surface area contributed by atoms with Crippen molar-refractivity contribution in [3.05, 3.63) is 52.9 Å². The van der Waals surface area contributed by atoms with Gasteiger partial charge in [-0.05, 0) is 47.7 Å². The van der Waals surface area contributed by atoms with E-state index in [1.807, 2.05) is 6.07 Å². The van der Waals surface area contributed by atoms with Crippen molar-refractivity contribution in [2.45, 2.75) is 50.7 Å². The fraction of sp³-hybridized carbons (Fsp3) is 0.348. The van der Waals surface area contributed by atoms with Crippen LogP contribution in [0.2, 0.25) is 0 Å². The maximum Gasteiger partial charge on any atom is 0.257 e. The Kier molecular flexibility index (Phi) is 6.42. The number of nitriles is 1. The summed E-state index contributed by atoms with van der Waals surface area (Å²) in [6.07, 6.45) is 7.09. The van der Waals surface area contributed by atoms with Gasteiger partial charge in [-0.25, -0.2) is 28.1 Å². The van der Waals surface area contributed by atoms with Crippen LogP contribution >= 0.6 is 15.9 Å². The predicted molar refractivity (Wildman–Crippen MR) is 126 cm³/mol. The molecule has 1 fully saturated rings. The van der Waals surface area contributed by atoms with Crippen LogP contribution in [0, 0.1) is 17.1 Å². The second-order valence-corrected chi connectivity index (χ2v) is 9.33. The van der Waals surface area contributed by atoms with Crippen LogP contribution in [0.4, 0.5) is 19.1 Å². The number of fused-ring (bicyclic) bond motifs is 1. The predicted octanol–water partition coefficient (Wildman–Crippen LogP) is 5.32. The fourth-order valence-corrected chi connectivity index (χ4v) is 5.20. The van der Waals surface area contributed by atoms with Gasteiger partial charge in [0.05, 0.1) is 41.0 Å². The van der Waals surface area contributed by atoms with E-state index in [2.05, 4.69) is 45.9 Å². The Bertz CT molecular complexity index is 1410. The molecule has 0 bridgehead atoms. The Hall–Kier alpha value is -3.46. The lowest BCUT2D eigenvalue weighted by Gasteiger charge is -2.31. The molecule has 0 unspecified atom stereocenters. The minimum absolute atomic E-state index is 0.0627. The first kappa shape index (κ1) is 23.3. The van der Waals surface area contributed by atoms with Gasteiger partial charge in [-0.15, -0.1) is 0 Å². The Balaban J connectivity index is 1.36. The van der Waals surface area contributed by atoms with E-state index in [0.717, 1.165) is 35.9 Å². The van der Waals surface area contributed by atoms with Crippen molar-refractivity contribution in [3.8, 4) is 17.3 Å². The van der Waals surface area contributed by atoms with Gasteiger partial charge in [-0.3, -0.25) is 4.68 Å². The summed E-state index contributed by atoms with van der Waals surface area (Å²) in [6, 6.07) is 5.12. The molecule has 8 nitrogen and oxygen atoms in total. The molecule has 1 aromatic carbocycles. The normalized spacial score (nSPS) is 18.2. The van der Waals surface area contributed by atoms with Gasteiger partial charge in [0.2, 0.25) is 5.95 Å². The lowest BCUT2D eigenvalue weighted by molar-refractivity contribution is 0.122. The average Bonchev–Trinajstić information content (AvgIpc) is 3.46. The minimum Gasteiger partial charge on any atom is -0.351 e. The van der Waals surface area contributed by atoms with Gasteiger partial charge >= 0.3 is 0 Å². The number of nitrogens with one attached hydrogen (secondary N) is 1. The molecule has 1 aliphatic rings. The highest BCUT2D eigenvalue weighted by Gasteiger charge is 2.26. The first-order valence-corrected chi connectivity index (χ1v) is 11.9. The van der Waals surface area contributed by atoms with Crippen LogP contribution in [0.1, 0.15) is 37.3 Å². The highest BCUT2D eigenvalue weighted by molar-refractivity contribution is 9.10. The molecule has 0 aliphatic heterocycles. The van der Waals surface area contributed by atoms with Gasteiger partial charge in [0.25, 0.3) is 6.43 Å². The van der Waals surface area contributed by atoms with Crippen molar-refractivity contribution >= 4 is 32.9 Å². The van der Waals surface area contributed by atoms with Crippen molar-refractivity contribution in [2.24, 2.45) is 0 Å². The third-order valence-corrected chi connectivity index (χ3v) is 6.71. The molecule has 4 aromatic rings. The number of halogens is 4. The van der Waals surface area contributed by atoms with Crippen LogP contribution in [-0.4, -0.2) is 41.8 Å². The van der Waals surface area contributed by atoms with Crippen molar-refractivity contribution in [1.82, 2.24) is 29.3 Å². The molecular formula is C23H20BrF3N8. The van der Waals surface area contributed by atoms with E-state index in [0.29, 0.717) is 27.2 Å². The van der Waals surface area contributed by atoms with E-state index >= 15 is 0 Å². The van der Waals surface area contributed by atoms with Gasteiger partial charge in [0.1, 0.15) is 18.4 Å². The van der Waals surface area contributed by atoms with Crippen LogP contribution in [0.25, 0.3) is 22.3 Å². The number of hydrogen-bond donors (Lipinski definition) is 1. The monoisotopic (exact) mass is 544 g/mol. The number of aromatic nitrogens is 6. The molecule has 0 amide bonds. The molecule has 0 spiro atoms. The number of anilines is 1. The van der Waals surface area contributed by atoms with Gasteiger partial charge < -0.3 is 9.88 Å². The molecular weight excluding hydrogens is 525 g/mol. The minimum atomic E-state index is -2.53. The molecule has 5 rings (SSSR count). The number of alkyl halides is 2. The van der Waals surface area contributed by atoms with Crippen LogP contribution < -0.4 is 5.32 Å². The van der Waals surface area contributed by atoms with Crippen molar-refractivity contribution in [2.75, 3.05) is 5.32 Å². The molecule has 180 valence electrons. The lowest BCUT2D eigenvalue weighted by atomic mass is 9.90. The Labute approximate surface area is 206 Å². The van der Waals surface area contributed by atoms with Crippen molar-refractivity contribution in [1.29, 1.82) is 5.26 Å². The maximum absolute atomic E-state index is 13.8. The summed E-state index contributed by atoms with van der Waals surface area (Å²) in [6.45, 7) is -0.534. The fourth-order valence-electron chi connectivity index (χ4n) is 4.58. The molecule has 0 radical (unpaired) electrons. The van der Waals surface area contributed by atoms with E-state index in [1.165, 1.54) is 30.7 Å². The number of rotatable bonds is 6. The zero-order valence-electron chi connectivity index (χ0n) is 18.4. The molecule has 2 atom stereocenters. The van der Waals surface area contributed by atoms with E-state index in [9.17, 15) is 18.4 Å². The zero-order valence-corrected chi connectivity index (χ0v) is 20.0. The summed E-state index contributed by atoms with van der Waals surface area (Å²) in [7, 11) is 0. The summed E-state index contributed by atoms with van der Waals surface area (Å²) < 4.78 is 43.0.